The normalized spacial score (nSPS) is 12.5. The zero-order chi connectivity index (χ0) is 16.5. The number of carbonyl (C=O) groups excluding carboxylic acids is 2. The first-order valence-electron chi connectivity index (χ1n) is 7.01. The molecule has 2 atom stereocenters. The van der Waals surface area contributed by atoms with Gasteiger partial charge in [-0.3, -0.25) is 14.8 Å². The number of rotatable bonds is 5. The summed E-state index contributed by atoms with van der Waals surface area (Å²) in [5, 5.41) is 20.4. The van der Waals surface area contributed by atoms with Crippen LogP contribution in [0.2, 0.25) is 0 Å². The molecule has 118 valence electrons. The minimum absolute atomic E-state index is 0.331. The number of aliphatic hydroxyl groups is 1. The molecule has 0 saturated carbocycles. The van der Waals surface area contributed by atoms with Gasteiger partial charge >= 0.3 is 0 Å². The second-order valence-electron chi connectivity index (χ2n) is 4.80. The van der Waals surface area contributed by atoms with Gasteiger partial charge in [0.05, 0.1) is 6.10 Å². The third-order valence-corrected chi connectivity index (χ3v) is 2.92. The van der Waals surface area contributed by atoms with Crippen molar-refractivity contribution in [3.8, 4) is 11.8 Å². The highest BCUT2D eigenvalue weighted by molar-refractivity contribution is 5.97. The van der Waals surface area contributed by atoms with Crippen LogP contribution in [0, 0.1) is 11.8 Å². The molecule has 1 rings (SSSR count). The van der Waals surface area contributed by atoms with Gasteiger partial charge in [-0.25, -0.2) is 5.48 Å². The summed E-state index contributed by atoms with van der Waals surface area (Å²) in [6.45, 7) is 3.38. The average molecular weight is 304 g/mol. The van der Waals surface area contributed by atoms with Crippen molar-refractivity contribution < 1.29 is 19.9 Å². The molecule has 6 nitrogen and oxygen atoms in total. The van der Waals surface area contributed by atoms with Crippen molar-refractivity contribution in [2.45, 2.75) is 38.8 Å². The molecule has 6 heteroatoms. The Morgan fingerprint density at radius 1 is 1.27 bits per heavy atom. The van der Waals surface area contributed by atoms with E-state index >= 15 is 0 Å². The van der Waals surface area contributed by atoms with E-state index in [-0.39, 0.29) is 0 Å². The fourth-order valence-corrected chi connectivity index (χ4v) is 1.69. The van der Waals surface area contributed by atoms with Gasteiger partial charge in [0.1, 0.15) is 6.04 Å². The van der Waals surface area contributed by atoms with Crippen molar-refractivity contribution >= 4 is 11.8 Å². The SMILES string of the molecule is CCCC#Cc1ccc(C(=O)NC(C(=O)NO)C(C)O)cc1. The van der Waals surface area contributed by atoms with Gasteiger partial charge in [0, 0.05) is 17.5 Å². The summed E-state index contributed by atoms with van der Waals surface area (Å²) in [7, 11) is 0. The summed E-state index contributed by atoms with van der Waals surface area (Å²) >= 11 is 0. The van der Waals surface area contributed by atoms with E-state index in [1.165, 1.54) is 12.4 Å². The monoisotopic (exact) mass is 304 g/mol. The molecule has 22 heavy (non-hydrogen) atoms. The number of unbranched alkanes of at least 4 members (excludes halogenated alkanes) is 1. The van der Waals surface area contributed by atoms with Crippen LogP contribution in [0.4, 0.5) is 0 Å². The standard InChI is InChI=1S/C16H20N2O4/c1-3-4-5-6-12-7-9-13(10-8-12)15(20)17-14(11(2)19)16(21)18-22/h7-11,14,19,22H,3-4H2,1-2H3,(H,17,20)(H,18,21). The summed E-state index contributed by atoms with van der Waals surface area (Å²) in [5.41, 5.74) is 2.54. The fourth-order valence-electron chi connectivity index (χ4n) is 1.69. The molecule has 0 aliphatic heterocycles. The van der Waals surface area contributed by atoms with Crippen LogP contribution in [0.15, 0.2) is 24.3 Å². The van der Waals surface area contributed by atoms with Gasteiger partial charge in [-0.1, -0.05) is 18.8 Å². The molecule has 2 unspecified atom stereocenters. The number of carbonyl (C=O) groups is 2. The zero-order valence-electron chi connectivity index (χ0n) is 12.6. The molecule has 0 spiro atoms. The maximum atomic E-state index is 12.0. The Hall–Kier alpha value is -2.36. The van der Waals surface area contributed by atoms with Crippen LogP contribution in [-0.4, -0.2) is 34.3 Å². The van der Waals surface area contributed by atoms with Gasteiger partial charge in [0.15, 0.2) is 0 Å². The van der Waals surface area contributed by atoms with E-state index in [4.69, 9.17) is 5.21 Å². The molecule has 0 bridgehead atoms. The quantitative estimate of drug-likeness (QED) is 0.368. The second kappa shape index (κ2) is 8.82. The lowest BCUT2D eigenvalue weighted by Gasteiger charge is -2.19. The lowest BCUT2D eigenvalue weighted by Crippen LogP contribution is -2.51. The number of hydrogen-bond donors (Lipinski definition) is 4. The topological polar surface area (TPSA) is 98.7 Å². The first-order valence-corrected chi connectivity index (χ1v) is 7.01. The van der Waals surface area contributed by atoms with Crippen molar-refractivity contribution in [2.24, 2.45) is 0 Å². The Labute approximate surface area is 129 Å². The molecule has 0 radical (unpaired) electrons. The highest BCUT2D eigenvalue weighted by Gasteiger charge is 2.25. The van der Waals surface area contributed by atoms with Crippen LogP contribution in [-0.2, 0) is 4.79 Å². The number of nitrogens with one attached hydrogen (secondary N) is 2. The van der Waals surface area contributed by atoms with E-state index in [0.29, 0.717) is 5.56 Å². The van der Waals surface area contributed by atoms with E-state index in [1.807, 2.05) is 6.92 Å². The molecular formula is C16H20N2O4. The van der Waals surface area contributed by atoms with E-state index in [1.54, 1.807) is 24.3 Å². The molecule has 0 aliphatic carbocycles. The Bertz CT molecular complexity index is 570. The lowest BCUT2D eigenvalue weighted by molar-refractivity contribution is -0.133. The minimum atomic E-state index is -1.23. The third-order valence-electron chi connectivity index (χ3n) is 2.92. The van der Waals surface area contributed by atoms with Crippen molar-refractivity contribution in [3.05, 3.63) is 35.4 Å². The number of aliphatic hydroxyl groups excluding tert-OH is 1. The molecule has 2 amide bonds. The van der Waals surface area contributed by atoms with Gasteiger partial charge in [-0.05, 0) is 37.6 Å². The predicted octanol–water partition coefficient (Wildman–Crippen LogP) is 0.823. The van der Waals surface area contributed by atoms with Crippen molar-refractivity contribution in [1.29, 1.82) is 0 Å². The van der Waals surface area contributed by atoms with Crippen molar-refractivity contribution in [1.82, 2.24) is 10.8 Å². The summed E-state index contributed by atoms with van der Waals surface area (Å²) in [6.07, 6.45) is 0.658. The molecule has 4 N–H and O–H groups in total. The van der Waals surface area contributed by atoms with Crippen LogP contribution in [0.3, 0.4) is 0 Å². The Balaban J connectivity index is 2.77. The van der Waals surface area contributed by atoms with Gasteiger partial charge in [-0.2, -0.15) is 0 Å². The van der Waals surface area contributed by atoms with Crippen LogP contribution in [0.25, 0.3) is 0 Å². The molecule has 0 heterocycles. The maximum absolute atomic E-state index is 12.0. The Morgan fingerprint density at radius 2 is 1.91 bits per heavy atom. The molecule has 0 fully saturated rings. The van der Waals surface area contributed by atoms with Crippen molar-refractivity contribution in [3.63, 3.8) is 0 Å². The van der Waals surface area contributed by atoms with Gasteiger partial charge in [0.25, 0.3) is 11.8 Å². The maximum Gasteiger partial charge on any atom is 0.268 e. The summed E-state index contributed by atoms with van der Waals surface area (Å²) in [4.78, 5) is 23.4. The highest BCUT2D eigenvalue weighted by Crippen LogP contribution is 2.05. The summed E-state index contributed by atoms with van der Waals surface area (Å²) in [6, 6.07) is 5.35. The van der Waals surface area contributed by atoms with Gasteiger partial charge in [-0.15, -0.1) is 0 Å². The van der Waals surface area contributed by atoms with Crippen LogP contribution >= 0.6 is 0 Å². The summed E-state index contributed by atoms with van der Waals surface area (Å²) in [5.74, 6) is 4.58. The van der Waals surface area contributed by atoms with E-state index in [2.05, 4.69) is 17.2 Å². The second-order valence-corrected chi connectivity index (χ2v) is 4.80. The van der Waals surface area contributed by atoms with Crippen LogP contribution in [0.5, 0.6) is 0 Å². The lowest BCUT2D eigenvalue weighted by atomic mass is 10.1. The molecule has 1 aromatic rings. The zero-order valence-corrected chi connectivity index (χ0v) is 12.6. The van der Waals surface area contributed by atoms with Gasteiger partial charge in [0.2, 0.25) is 0 Å². The van der Waals surface area contributed by atoms with Crippen LogP contribution in [0.1, 0.15) is 42.6 Å². The Morgan fingerprint density at radius 3 is 2.41 bits per heavy atom. The molecule has 1 aromatic carbocycles. The Kier molecular flexibility index (Phi) is 7.09. The first-order chi connectivity index (χ1) is 10.5. The first kappa shape index (κ1) is 17.7. The summed E-state index contributed by atoms with van der Waals surface area (Å²) < 4.78 is 0. The highest BCUT2D eigenvalue weighted by atomic mass is 16.5. The van der Waals surface area contributed by atoms with Crippen molar-refractivity contribution in [2.75, 3.05) is 0 Å². The third kappa shape index (κ3) is 5.20. The largest absolute Gasteiger partial charge is 0.391 e. The van der Waals surface area contributed by atoms with E-state index in [9.17, 15) is 14.7 Å². The molecular weight excluding hydrogens is 284 g/mol. The number of amides is 2. The van der Waals surface area contributed by atoms with Crippen LogP contribution < -0.4 is 10.8 Å². The number of hydrogen-bond acceptors (Lipinski definition) is 4. The average Bonchev–Trinajstić information content (AvgIpc) is 2.52. The van der Waals surface area contributed by atoms with Gasteiger partial charge < -0.3 is 10.4 Å². The smallest absolute Gasteiger partial charge is 0.268 e. The molecule has 0 aromatic heterocycles. The minimum Gasteiger partial charge on any atom is -0.391 e. The predicted molar refractivity (Wildman–Crippen MR) is 81.1 cm³/mol. The van der Waals surface area contributed by atoms with E-state index < -0.39 is 24.0 Å². The fraction of sp³-hybridized carbons (Fsp3) is 0.375. The number of benzene rings is 1. The molecule has 0 saturated heterocycles. The molecule has 0 aliphatic rings. The van der Waals surface area contributed by atoms with E-state index in [0.717, 1.165) is 18.4 Å². The number of hydroxylamine groups is 1.